The Hall–Kier alpha value is -2.66. The zero-order chi connectivity index (χ0) is 18.6. The largest absolute Gasteiger partial charge is 0.268 e. The predicted octanol–water partition coefficient (Wildman–Crippen LogP) is 2.93. The molecule has 8 heteroatoms. The summed E-state index contributed by atoms with van der Waals surface area (Å²) in [5.41, 5.74) is 2.13. The minimum atomic E-state index is -3.72. The molecule has 6 nitrogen and oxygen atoms in total. The lowest BCUT2D eigenvalue weighted by Gasteiger charge is -2.09. The van der Waals surface area contributed by atoms with Gasteiger partial charge in [0.25, 0.3) is 0 Å². The third kappa shape index (κ3) is 4.29. The maximum absolute atomic E-state index is 12.4. The Balaban J connectivity index is 1.66. The van der Waals surface area contributed by atoms with Crippen LogP contribution in [0.15, 0.2) is 65.8 Å². The number of halogens is 1. The second-order valence-corrected chi connectivity index (χ2v) is 7.77. The van der Waals surface area contributed by atoms with Gasteiger partial charge in [0.1, 0.15) is 6.07 Å². The molecule has 0 bridgehead atoms. The molecule has 0 atom stereocenters. The van der Waals surface area contributed by atoms with Gasteiger partial charge < -0.3 is 0 Å². The molecular formula is C18H15ClN4O2S. The number of nitriles is 1. The molecular weight excluding hydrogens is 372 g/mol. The quantitative estimate of drug-likeness (QED) is 0.705. The fourth-order valence-corrected chi connectivity index (χ4v) is 3.69. The van der Waals surface area contributed by atoms with Gasteiger partial charge in [-0.3, -0.25) is 4.68 Å². The summed E-state index contributed by atoms with van der Waals surface area (Å²) in [5, 5.41) is 13.1. The molecule has 0 saturated heterocycles. The summed E-state index contributed by atoms with van der Waals surface area (Å²) in [6.07, 6.45) is 3.60. The average Bonchev–Trinajstić information content (AvgIpc) is 3.14. The van der Waals surface area contributed by atoms with Crippen molar-refractivity contribution in [3.05, 3.63) is 82.6 Å². The van der Waals surface area contributed by atoms with Crippen LogP contribution in [0.1, 0.15) is 16.7 Å². The molecule has 1 N–H and O–H groups in total. The van der Waals surface area contributed by atoms with E-state index >= 15 is 0 Å². The summed E-state index contributed by atoms with van der Waals surface area (Å²) in [5.74, 6) is 0. The smallest absolute Gasteiger partial charge is 0.240 e. The first kappa shape index (κ1) is 18.1. The van der Waals surface area contributed by atoms with Crippen LogP contribution in [0.2, 0.25) is 5.02 Å². The van der Waals surface area contributed by atoms with Crippen LogP contribution in [0.4, 0.5) is 0 Å². The van der Waals surface area contributed by atoms with E-state index in [9.17, 15) is 8.42 Å². The van der Waals surface area contributed by atoms with E-state index in [-0.39, 0.29) is 22.0 Å². The Morgan fingerprint density at radius 3 is 2.50 bits per heavy atom. The van der Waals surface area contributed by atoms with Gasteiger partial charge in [-0.05, 0) is 35.4 Å². The van der Waals surface area contributed by atoms with Gasteiger partial charge >= 0.3 is 0 Å². The van der Waals surface area contributed by atoms with Crippen LogP contribution in [-0.2, 0) is 23.1 Å². The molecule has 0 unspecified atom stereocenters. The van der Waals surface area contributed by atoms with Crippen molar-refractivity contribution in [1.82, 2.24) is 14.5 Å². The molecule has 0 saturated carbocycles. The predicted molar refractivity (Wildman–Crippen MR) is 98.0 cm³/mol. The summed E-state index contributed by atoms with van der Waals surface area (Å²) < 4.78 is 29.1. The van der Waals surface area contributed by atoms with Crippen LogP contribution >= 0.6 is 11.6 Å². The van der Waals surface area contributed by atoms with Crippen LogP contribution in [0.3, 0.4) is 0 Å². The molecule has 0 radical (unpaired) electrons. The number of sulfonamides is 1. The number of benzene rings is 2. The molecule has 1 heterocycles. The van der Waals surface area contributed by atoms with Crippen LogP contribution in [0.5, 0.6) is 0 Å². The Kier molecular flexibility index (Phi) is 5.38. The standard InChI is InChI=1S/C18H15ClN4O2S/c19-18-10-17(7-6-16(18)11-20)26(24,25)22-12-14-2-4-15(5-3-14)13-23-9-1-8-21-23/h1-10,22H,12-13H2. The maximum Gasteiger partial charge on any atom is 0.240 e. The molecule has 3 aromatic rings. The molecule has 0 fully saturated rings. The van der Waals surface area contributed by atoms with Crippen molar-refractivity contribution in [2.75, 3.05) is 0 Å². The van der Waals surface area contributed by atoms with E-state index in [1.165, 1.54) is 18.2 Å². The highest BCUT2D eigenvalue weighted by Gasteiger charge is 2.15. The van der Waals surface area contributed by atoms with Crippen molar-refractivity contribution in [2.24, 2.45) is 0 Å². The number of nitrogens with zero attached hydrogens (tertiary/aromatic N) is 3. The van der Waals surface area contributed by atoms with Gasteiger partial charge in [0, 0.05) is 18.9 Å². The van der Waals surface area contributed by atoms with E-state index in [2.05, 4.69) is 9.82 Å². The van der Waals surface area contributed by atoms with Gasteiger partial charge in [-0.2, -0.15) is 10.4 Å². The zero-order valence-electron chi connectivity index (χ0n) is 13.6. The van der Waals surface area contributed by atoms with Crippen molar-refractivity contribution >= 4 is 21.6 Å². The van der Waals surface area contributed by atoms with Crippen molar-refractivity contribution in [1.29, 1.82) is 5.26 Å². The molecule has 26 heavy (non-hydrogen) atoms. The topological polar surface area (TPSA) is 87.8 Å². The maximum atomic E-state index is 12.4. The van der Waals surface area contributed by atoms with E-state index in [4.69, 9.17) is 16.9 Å². The van der Waals surface area contributed by atoms with Gasteiger partial charge in [-0.25, -0.2) is 13.1 Å². The number of rotatable bonds is 6. The third-order valence-corrected chi connectivity index (χ3v) is 5.48. The van der Waals surface area contributed by atoms with Crippen LogP contribution in [0, 0.1) is 11.3 Å². The fourth-order valence-electron chi connectivity index (χ4n) is 2.36. The number of hydrogen-bond acceptors (Lipinski definition) is 4. The van der Waals surface area contributed by atoms with E-state index in [1.54, 1.807) is 6.20 Å². The summed E-state index contributed by atoms with van der Waals surface area (Å²) in [6, 6.07) is 15.4. The fraction of sp³-hybridized carbons (Fsp3) is 0.111. The highest BCUT2D eigenvalue weighted by Crippen LogP contribution is 2.20. The van der Waals surface area contributed by atoms with Crippen molar-refractivity contribution < 1.29 is 8.42 Å². The van der Waals surface area contributed by atoms with E-state index in [0.717, 1.165) is 11.1 Å². The summed E-state index contributed by atoms with van der Waals surface area (Å²) in [6.45, 7) is 0.810. The van der Waals surface area contributed by atoms with Crippen molar-refractivity contribution in [2.45, 2.75) is 18.0 Å². The minimum Gasteiger partial charge on any atom is -0.268 e. The van der Waals surface area contributed by atoms with Gasteiger partial charge in [0.05, 0.1) is 22.0 Å². The molecule has 0 aliphatic heterocycles. The Morgan fingerprint density at radius 2 is 1.88 bits per heavy atom. The highest BCUT2D eigenvalue weighted by atomic mass is 35.5. The Morgan fingerprint density at radius 1 is 1.15 bits per heavy atom. The molecule has 0 spiro atoms. The Labute approximate surface area is 156 Å². The number of nitrogens with one attached hydrogen (secondary N) is 1. The number of aromatic nitrogens is 2. The lowest BCUT2D eigenvalue weighted by molar-refractivity contribution is 0.581. The van der Waals surface area contributed by atoms with Gasteiger partial charge in [0.15, 0.2) is 0 Å². The molecule has 3 rings (SSSR count). The summed E-state index contributed by atoms with van der Waals surface area (Å²) in [7, 11) is -3.72. The van der Waals surface area contributed by atoms with Crippen molar-refractivity contribution in [3.63, 3.8) is 0 Å². The lowest BCUT2D eigenvalue weighted by Crippen LogP contribution is -2.23. The van der Waals surface area contributed by atoms with Crippen LogP contribution in [0.25, 0.3) is 0 Å². The molecule has 0 amide bonds. The Bertz CT molecular complexity index is 1040. The van der Waals surface area contributed by atoms with E-state index in [1.807, 2.05) is 47.3 Å². The lowest BCUT2D eigenvalue weighted by atomic mass is 10.1. The molecule has 132 valence electrons. The third-order valence-electron chi connectivity index (χ3n) is 3.76. The summed E-state index contributed by atoms with van der Waals surface area (Å²) in [4.78, 5) is 0.0248. The van der Waals surface area contributed by atoms with E-state index in [0.29, 0.717) is 6.54 Å². The zero-order valence-corrected chi connectivity index (χ0v) is 15.2. The highest BCUT2D eigenvalue weighted by molar-refractivity contribution is 7.89. The van der Waals surface area contributed by atoms with Crippen LogP contribution in [-0.4, -0.2) is 18.2 Å². The van der Waals surface area contributed by atoms with Gasteiger partial charge in [-0.15, -0.1) is 0 Å². The normalized spacial score (nSPS) is 11.2. The summed E-state index contributed by atoms with van der Waals surface area (Å²) >= 11 is 5.91. The average molecular weight is 387 g/mol. The molecule has 0 aliphatic rings. The van der Waals surface area contributed by atoms with Gasteiger partial charge in [0.2, 0.25) is 10.0 Å². The number of hydrogen-bond donors (Lipinski definition) is 1. The molecule has 2 aromatic carbocycles. The second kappa shape index (κ2) is 7.70. The monoisotopic (exact) mass is 386 g/mol. The first-order chi connectivity index (χ1) is 12.5. The van der Waals surface area contributed by atoms with E-state index < -0.39 is 10.0 Å². The first-order valence-corrected chi connectivity index (χ1v) is 9.58. The van der Waals surface area contributed by atoms with Crippen LogP contribution < -0.4 is 4.72 Å². The SMILES string of the molecule is N#Cc1ccc(S(=O)(=O)NCc2ccc(Cn3cccn3)cc2)cc1Cl. The first-order valence-electron chi connectivity index (χ1n) is 7.72. The van der Waals surface area contributed by atoms with Crippen molar-refractivity contribution in [3.8, 4) is 6.07 Å². The molecule has 1 aromatic heterocycles. The van der Waals surface area contributed by atoms with Gasteiger partial charge in [-0.1, -0.05) is 35.9 Å². The second-order valence-electron chi connectivity index (χ2n) is 5.60. The minimum absolute atomic E-state index is 0.0248. The molecule has 0 aliphatic carbocycles.